The van der Waals surface area contributed by atoms with Gasteiger partial charge in [0.1, 0.15) is 10.6 Å². The number of carbonyl (C=O) groups excluding carboxylic acids is 3. The first-order valence-corrected chi connectivity index (χ1v) is 13.0. The summed E-state index contributed by atoms with van der Waals surface area (Å²) in [6, 6.07) is 13.0. The van der Waals surface area contributed by atoms with Crippen LogP contribution in [0.3, 0.4) is 0 Å². The molecule has 0 spiro atoms. The van der Waals surface area contributed by atoms with Crippen molar-refractivity contribution in [2.24, 2.45) is 0 Å². The predicted molar refractivity (Wildman–Crippen MR) is 144 cm³/mol. The highest BCUT2D eigenvalue weighted by Gasteiger charge is 2.48. The molecule has 0 aliphatic carbocycles. The predicted octanol–water partition coefficient (Wildman–Crippen LogP) is 6.21. The molecule has 1 amide bonds. The number of carbonyl (C=O) groups is 3. The summed E-state index contributed by atoms with van der Waals surface area (Å²) < 4.78 is 5.12. The van der Waals surface area contributed by atoms with Crippen LogP contribution >= 0.6 is 22.9 Å². The Bertz CT molecular complexity index is 1400. The number of amides is 1. The lowest BCUT2D eigenvalue weighted by Crippen LogP contribution is -2.29. The van der Waals surface area contributed by atoms with Gasteiger partial charge in [-0.25, -0.2) is 9.78 Å². The molecule has 1 saturated heterocycles. The fourth-order valence-electron chi connectivity index (χ4n) is 4.15. The molecule has 7 nitrogen and oxygen atoms in total. The van der Waals surface area contributed by atoms with Crippen molar-refractivity contribution in [3.8, 4) is 0 Å². The van der Waals surface area contributed by atoms with E-state index in [0.29, 0.717) is 21.8 Å². The van der Waals surface area contributed by atoms with Crippen LogP contribution in [0.15, 0.2) is 54.1 Å². The molecule has 0 saturated carbocycles. The lowest BCUT2D eigenvalue weighted by Gasteiger charge is -2.24. The third-order valence-corrected chi connectivity index (χ3v) is 7.50. The number of aryl methyl sites for hydroxylation is 1. The molecular formula is C28H27ClN2O5S. The summed E-state index contributed by atoms with van der Waals surface area (Å²) in [6.45, 7) is 9.80. The number of thiazole rings is 1. The topological polar surface area (TPSA) is 96.8 Å². The number of nitrogens with zero attached hydrogens (tertiary/aromatic N) is 2. The van der Waals surface area contributed by atoms with Crippen LogP contribution in [-0.4, -0.2) is 34.4 Å². The summed E-state index contributed by atoms with van der Waals surface area (Å²) in [5.74, 6) is -2.55. The second-order valence-electron chi connectivity index (χ2n) is 9.68. The molecule has 1 aliphatic heterocycles. The van der Waals surface area contributed by atoms with E-state index in [1.165, 1.54) is 4.90 Å². The number of aliphatic hydroxyl groups is 1. The van der Waals surface area contributed by atoms with Gasteiger partial charge in [-0.15, -0.1) is 0 Å². The van der Waals surface area contributed by atoms with E-state index in [9.17, 15) is 19.5 Å². The van der Waals surface area contributed by atoms with Gasteiger partial charge in [0.15, 0.2) is 5.13 Å². The van der Waals surface area contributed by atoms with Gasteiger partial charge in [0.05, 0.1) is 23.9 Å². The average Bonchev–Trinajstić information content (AvgIpc) is 3.35. The summed E-state index contributed by atoms with van der Waals surface area (Å²) >= 11 is 6.97. The van der Waals surface area contributed by atoms with Crippen LogP contribution < -0.4 is 4.90 Å². The Balaban J connectivity index is 1.91. The smallest absolute Gasteiger partial charge is 0.350 e. The summed E-state index contributed by atoms with van der Waals surface area (Å²) in [7, 11) is 0. The monoisotopic (exact) mass is 538 g/mol. The number of ketones is 1. The molecule has 1 fully saturated rings. The summed E-state index contributed by atoms with van der Waals surface area (Å²) in [5, 5.41) is 11.9. The number of aromatic nitrogens is 1. The minimum Gasteiger partial charge on any atom is -0.507 e. The second kappa shape index (κ2) is 10.1. The Morgan fingerprint density at radius 2 is 1.73 bits per heavy atom. The van der Waals surface area contributed by atoms with Gasteiger partial charge in [-0.3, -0.25) is 14.5 Å². The molecule has 37 heavy (non-hydrogen) atoms. The van der Waals surface area contributed by atoms with E-state index in [1.54, 1.807) is 38.1 Å². The normalized spacial score (nSPS) is 17.4. The van der Waals surface area contributed by atoms with Crippen LogP contribution in [0.1, 0.15) is 65.8 Å². The third kappa shape index (κ3) is 5.04. The Labute approximate surface area is 224 Å². The highest BCUT2D eigenvalue weighted by molar-refractivity contribution is 7.17. The molecule has 2 heterocycles. The SMILES string of the molecule is CCOC(=O)c1sc(N2C(=O)C(=O)C(=C(O)c3ccc(Cl)cc3)[C@@H]2c2ccc(C(C)(C)C)cc2)nc1C. The number of esters is 1. The van der Waals surface area contributed by atoms with Crippen molar-refractivity contribution in [3.63, 3.8) is 0 Å². The van der Waals surface area contributed by atoms with Crippen molar-refractivity contribution in [2.75, 3.05) is 11.5 Å². The van der Waals surface area contributed by atoms with E-state index in [1.807, 2.05) is 24.3 Å². The van der Waals surface area contributed by atoms with Crippen molar-refractivity contribution in [2.45, 2.75) is 46.1 Å². The highest BCUT2D eigenvalue weighted by atomic mass is 35.5. The first kappa shape index (κ1) is 26.6. The van der Waals surface area contributed by atoms with Gasteiger partial charge in [-0.1, -0.05) is 68.0 Å². The zero-order valence-corrected chi connectivity index (χ0v) is 22.7. The number of benzene rings is 2. The molecule has 0 unspecified atom stereocenters. The molecule has 0 radical (unpaired) electrons. The lowest BCUT2D eigenvalue weighted by molar-refractivity contribution is -0.132. The molecule has 3 aromatic rings. The molecule has 9 heteroatoms. The number of aliphatic hydroxyl groups excluding tert-OH is 1. The Morgan fingerprint density at radius 1 is 1.11 bits per heavy atom. The van der Waals surface area contributed by atoms with Crippen LogP contribution in [0.5, 0.6) is 0 Å². The van der Waals surface area contributed by atoms with E-state index in [0.717, 1.165) is 16.9 Å². The van der Waals surface area contributed by atoms with E-state index in [-0.39, 0.29) is 33.4 Å². The summed E-state index contributed by atoms with van der Waals surface area (Å²) in [5.41, 5.74) is 2.25. The van der Waals surface area contributed by atoms with Crippen LogP contribution in [0.25, 0.3) is 5.76 Å². The second-order valence-corrected chi connectivity index (χ2v) is 11.1. The Hall–Kier alpha value is -3.49. The third-order valence-electron chi connectivity index (χ3n) is 6.11. The van der Waals surface area contributed by atoms with E-state index >= 15 is 0 Å². The quantitative estimate of drug-likeness (QED) is 0.180. The van der Waals surface area contributed by atoms with Gasteiger partial charge in [0.2, 0.25) is 0 Å². The van der Waals surface area contributed by atoms with E-state index < -0.39 is 23.7 Å². The van der Waals surface area contributed by atoms with Gasteiger partial charge in [0, 0.05) is 10.6 Å². The van der Waals surface area contributed by atoms with Crippen molar-refractivity contribution in [1.29, 1.82) is 0 Å². The van der Waals surface area contributed by atoms with Crippen LogP contribution in [0, 0.1) is 6.92 Å². The van der Waals surface area contributed by atoms with Crippen LogP contribution in [-0.2, 0) is 19.7 Å². The number of hydrogen-bond donors (Lipinski definition) is 1. The van der Waals surface area contributed by atoms with Gasteiger partial charge >= 0.3 is 11.9 Å². The van der Waals surface area contributed by atoms with Crippen LogP contribution in [0.4, 0.5) is 5.13 Å². The number of anilines is 1. The molecule has 1 N–H and O–H groups in total. The Kier molecular flexibility index (Phi) is 7.26. The van der Waals surface area contributed by atoms with Gasteiger partial charge in [0.25, 0.3) is 5.78 Å². The molecule has 4 rings (SSSR count). The average molecular weight is 539 g/mol. The summed E-state index contributed by atoms with van der Waals surface area (Å²) in [4.78, 5) is 45.1. The first-order chi connectivity index (χ1) is 17.4. The number of hydrogen-bond acceptors (Lipinski definition) is 7. The molecule has 1 aromatic heterocycles. The minimum absolute atomic E-state index is 0.0682. The molecule has 2 aromatic carbocycles. The van der Waals surface area contributed by atoms with Crippen molar-refractivity contribution < 1.29 is 24.2 Å². The maximum Gasteiger partial charge on any atom is 0.350 e. The van der Waals surface area contributed by atoms with Crippen molar-refractivity contribution in [3.05, 3.63) is 86.4 Å². The fourth-order valence-corrected chi connectivity index (χ4v) is 5.26. The van der Waals surface area contributed by atoms with Crippen molar-refractivity contribution >= 4 is 51.5 Å². The number of rotatable bonds is 5. The Morgan fingerprint density at radius 3 is 2.30 bits per heavy atom. The largest absolute Gasteiger partial charge is 0.507 e. The zero-order valence-electron chi connectivity index (χ0n) is 21.2. The molecule has 0 bridgehead atoms. The molecular weight excluding hydrogens is 512 g/mol. The standard InChI is InChI=1S/C28H27ClN2O5S/c1-6-36-26(35)24-15(2)30-27(37-24)31-21(16-7-11-18(12-8-16)28(3,4)5)20(23(33)25(31)34)22(32)17-9-13-19(29)14-10-17/h7-14,21,32H,6H2,1-5H3/t21-/m0/s1. The zero-order chi connectivity index (χ0) is 27.1. The van der Waals surface area contributed by atoms with Crippen LogP contribution in [0.2, 0.25) is 5.02 Å². The molecule has 192 valence electrons. The number of Topliss-reactive ketones (excluding diaryl/α,β-unsaturated/α-hetero) is 1. The first-order valence-electron chi connectivity index (χ1n) is 11.8. The fraction of sp³-hybridized carbons (Fsp3) is 0.286. The molecule has 1 atom stereocenters. The maximum atomic E-state index is 13.4. The summed E-state index contributed by atoms with van der Waals surface area (Å²) in [6.07, 6.45) is 0. The number of halogens is 1. The lowest BCUT2D eigenvalue weighted by atomic mass is 9.85. The molecule has 1 aliphatic rings. The highest BCUT2D eigenvalue weighted by Crippen LogP contribution is 2.44. The van der Waals surface area contributed by atoms with Gasteiger partial charge in [-0.05, 0) is 54.7 Å². The van der Waals surface area contributed by atoms with E-state index in [4.69, 9.17) is 16.3 Å². The number of ether oxygens (including phenoxy) is 1. The minimum atomic E-state index is -0.953. The van der Waals surface area contributed by atoms with Gasteiger partial charge in [-0.2, -0.15) is 0 Å². The van der Waals surface area contributed by atoms with E-state index in [2.05, 4.69) is 25.8 Å². The van der Waals surface area contributed by atoms with Crippen molar-refractivity contribution in [1.82, 2.24) is 4.98 Å². The maximum absolute atomic E-state index is 13.4. The van der Waals surface area contributed by atoms with Gasteiger partial charge < -0.3 is 9.84 Å².